The zero-order valence-corrected chi connectivity index (χ0v) is 14.3. The van der Waals surface area contributed by atoms with Crippen LogP contribution in [0, 0.1) is 6.92 Å². The number of anilines is 1. The van der Waals surface area contributed by atoms with E-state index in [0.717, 1.165) is 17.1 Å². The molecular weight excluding hydrogens is 356 g/mol. The molecule has 2 rings (SSSR count). The van der Waals surface area contributed by atoms with Gasteiger partial charge in [0.1, 0.15) is 4.47 Å². The lowest BCUT2D eigenvalue weighted by atomic mass is 10.3. The summed E-state index contributed by atoms with van der Waals surface area (Å²) in [5.74, 6) is 0. The third-order valence-electron chi connectivity index (χ3n) is 2.86. The first kappa shape index (κ1) is 16.1. The van der Waals surface area contributed by atoms with Crippen LogP contribution in [0.2, 0.25) is 0 Å². The van der Waals surface area contributed by atoms with E-state index in [0.29, 0.717) is 29.9 Å². The average molecular weight is 373 g/mol. The fourth-order valence-corrected chi connectivity index (χ4v) is 2.87. The van der Waals surface area contributed by atoms with Crippen LogP contribution >= 0.6 is 27.3 Å². The van der Waals surface area contributed by atoms with Crippen molar-refractivity contribution in [1.82, 2.24) is 14.8 Å². The number of methoxy groups -OCH3 is 1. The first-order chi connectivity index (χ1) is 10.1. The second kappa shape index (κ2) is 7.67. The van der Waals surface area contributed by atoms with Crippen molar-refractivity contribution < 1.29 is 4.74 Å². The van der Waals surface area contributed by atoms with Crippen molar-refractivity contribution in [1.29, 1.82) is 0 Å². The summed E-state index contributed by atoms with van der Waals surface area (Å²) in [5.41, 5.74) is 1.59. The Morgan fingerprint density at radius 2 is 2.33 bits per heavy atom. The number of nitrogens with one attached hydrogen (secondary N) is 1. The summed E-state index contributed by atoms with van der Waals surface area (Å²) in [6.45, 7) is 3.58. The second-order valence-corrected chi connectivity index (χ2v) is 6.28. The Kier molecular flexibility index (Phi) is 5.89. The van der Waals surface area contributed by atoms with Gasteiger partial charge in [0.2, 0.25) is 0 Å². The van der Waals surface area contributed by atoms with E-state index in [2.05, 4.69) is 31.3 Å². The van der Waals surface area contributed by atoms with E-state index in [4.69, 9.17) is 4.74 Å². The summed E-state index contributed by atoms with van der Waals surface area (Å²) in [4.78, 5) is 16.5. The first-order valence-electron chi connectivity index (χ1n) is 6.51. The van der Waals surface area contributed by atoms with E-state index in [-0.39, 0.29) is 5.56 Å². The molecule has 21 heavy (non-hydrogen) atoms. The van der Waals surface area contributed by atoms with Crippen molar-refractivity contribution in [2.24, 2.45) is 0 Å². The van der Waals surface area contributed by atoms with Gasteiger partial charge in [-0.25, -0.2) is 9.67 Å². The SMILES string of the molecule is COCCn1ncc(NCCc2csc(C)n2)c(Br)c1=O. The summed E-state index contributed by atoms with van der Waals surface area (Å²) in [7, 11) is 1.59. The first-order valence-corrected chi connectivity index (χ1v) is 8.18. The molecule has 0 unspecified atom stereocenters. The summed E-state index contributed by atoms with van der Waals surface area (Å²) in [6.07, 6.45) is 2.46. The lowest BCUT2D eigenvalue weighted by Gasteiger charge is -2.09. The van der Waals surface area contributed by atoms with Crippen LogP contribution in [0.1, 0.15) is 10.7 Å². The van der Waals surface area contributed by atoms with Crippen LogP contribution in [0.4, 0.5) is 5.69 Å². The van der Waals surface area contributed by atoms with Gasteiger partial charge in [0.25, 0.3) is 5.56 Å². The highest BCUT2D eigenvalue weighted by molar-refractivity contribution is 9.10. The number of nitrogens with zero attached hydrogens (tertiary/aromatic N) is 3. The number of thiazole rings is 1. The van der Waals surface area contributed by atoms with Crippen molar-refractivity contribution in [3.05, 3.63) is 37.1 Å². The monoisotopic (exact) mass is 372 g/mol. The molecule has 0 aliphatic rings. The maximum atomic E-state index is 12.1. The zero-order chi connectivity index (χ0) is 15.2. The Morgan fingerprint density at radius 3 is 3.00 bits per heavy atom. The van der Waals surface area contributed by atoms with Gasteiger partial charge in [-0.1, -0.05) is 0 Å². The van der Waals surface area contributed by atoms with Crippen molar-refractivity contribution in [2.45, 2.75) is 19.9 Å². The predicted octanol–water partition coefficient (Wildman–Crippen LogP) is 2.07. The molecular formula is C13H17BrN4O2S. The predicted molar refractivity (Wildman–Crippen MR) is 87.1 cm³/mol. The highest BCUT2D eigenvalue weighted by atomic mass is 79.9. The molecule has 2 aromatic rings. The fourth-order valence-electron chi connectivity index (χ4n) is 1.77. The number of aryl methyl sites for hydroxylation is 1. The molecule has 0 amide bonds. The van der Waals surface area contributed by atoms with E-state index < -0.39 is 0 Å². The summed E-state index contributed by atoms with van der Waals surface area (Å²) >= 11 is 4.96. The number of aromatic nitrogens is 3. The topological polar surface area (TPSA) is 69.0 Å². The molecule has 0 radical (unpaired) electrons. The quantitative estimate of drug-likeness (QED) is 0.805. The number of hydrogen-bond acceptors (Lipinski definition) is 6. The molecule has 1 N–H and O–H groups in total. The number of ether oxygens (including phenoxy) is 1. The smallest absolute Gasteiger partial charge is 0.283 e. The molecule has 0 bridgehead atoms. The molecule has 114 valence electrons. The fraction of sp³-hybridized carbons (Fsp3) is 0.462. The van der Waals surface area contributed by atoms with Gasteiger partial charge in [-0.2, -0.15) is 5.10 Å². The van der Waals surface area contributed by atoms with Gasteiger partial charge in [-0.3, -0.25) is 4.79 Å². The van der Waals surface area contributed by atoms with Crippen LogP contribution in [0.5, 0.6) is 0 Å². The zero-order valence-electron chi connectivity index (χ0n) is 11.9. The highest BCUT2D eigenvalue weighted by Crippen LogP contribution is 2.16. The molecule has 0 saturated heterocycles. The van der Waals surface area contributed by atoms with Gasteiger partial charge in [-0.15, -0.1) is 11.3 Å². The molecule has 2 aromatic heterocycles. The Hall–Kier alpha value is -1.25. The van der Waals surface area contributed by atoms with Crippen LogP contribution in [-0.2, 0) is 17.7 Å². The van der Waals surface area contributed by atoms with Crippen LogP contribution in [0.3, 0.4) is 0 Å². The van der Waals surface area contributed by atoms with E-state index in [1.807, 2.05) is 12.3 Å². The molecule has 0 spiro atoms. The third-order valence-corrected chi connectivity index (χ3v) is 4.44. The third kappa shape index (κ3) is 4.36. The Balaban J connectivity index is 1.97. The molecule has 8 heteroatoms. The van der Waals surface area contributed by atoms with Gasteiger partial charge in [0.05, 0.1) is 35.7 Å². The molecule has 6 nitrogen and oxygen atoms in total. The largest absolute Gasteiger partial charge is 0.383 e. The molecule has 0 fully saturated rings. The van der Waals surface area contributed by atoms with E-state index >= 15 is 0 Å². The Morgan fingerprint density at radius 1 is 1.52 bits per heavy atom. The Labute approximate surface area is 135 Å². The van der Waals surface area contributed by atoms with Crippen molar-refractivity contribution >= 4 is 33.0 Å². The molecule has 0 aliphatic carbocycles. The van der Waals surface area contributed by atoms with Crippen LogP contribution in [-0.4, -0.2) is 35.0 Å². The van der Waals surface area contributed by atoms with E-state index in [1.165, 1.54) is 4.68 Å². The maximum absolute atomic E-state index is 12.1. The summed E-state index contributed by atoms with van der Waals surface area (Å²) < 4.78 is 6.82. The molecule has 0 saturated carbocycles. The minimum Gasteiger partial charge on any atom is -0.383 e. The molecule has 0 aromatic carbocycles. The Bertz CT molecular complexity index is 656. The van der Waals surface area contributed by atoms with Gasteiger partial charge in [0, 0.05) is 25.5 Å². The second-order valence-electron chi connectivity index (χ2n) is 4.43. The van der Waals surface area contributed by atoms with Gasteiger partial charge < -0.3 is 10.1 Å². The minimum absolute atomic E-state index is 0.165. The summed E-state index contributed by atoms with van der Waals surface area (Å²) in [5, 5.41) is 10.4. The molecule has 0 atom stereocenters. The molecule has 0 aliphatic heterocycles. The van der Waals surface area contributed by atoms with Gasteiger partial charge >= 0.3 is 0 Å². The lowest BCUT2D eigenvalue weighted by molar-refractivity contribution is 0.181. The van der Waals surface area contributed by atoms with Crippen molar-refractivity contribution in [2.75, 3.05) is 25.6 Å². The lowest BCUT2D eigenvalue weighted by Crippen LogP contribution is -2.26. The number of halogens is 1. The van der Waals surface area contributed by atoms with Crippen molar-refractivity contribution in [3.8, 4) is 0 Å². The van der Waals surface area contributed by atoms with E-state index in [1.54, 1.807) is 24.6 Å². The molecule has 2 heterocycles. The number of hydrogen-bond donors (Lipinski definition) is 1. The maximum Gasteiger partial charge on any atom is 0.283 e. The van der Waals surface area contributed by atoms with E-state index in [9.17, 15) is 4.79 Å². The average Bonchev–Trinajstić information content (AvgIpc) is 2.88. The van der Waals surface area contributed by atoms with Gasteiger partial charge in [-0.05, 0) is 22.9 Å². The number of rotatable bonds is 7. The van der Waals surface area contributed by atoms with Crippen molar-refractivity contribution in [3.63, 3.8) is 0 Å². The van der Waals surface area contributed by atoms with Crippen LogP contribution in [0.15, 0.2) is 20.8 Å². The van der Waals surface area contributed by atoms with Crippen LogP contribution in [0.25, 0.3) is 0 Å². The summed E-state index contributed by atoms with van der Waals surface area (Å²) in [6, 6.07) is 0. The highest BCUT2D eigenvalue weighted by Gasteiger charge is 2.08. The van der Waals surface area contributed by atoms with Crippen LogP contribution < -0.4 is 10.9 Å². The normalized spacial score (nSPS) is 10.8. The standard InChI is InChI=1S/C13H17BrN4O2S/c1-9-17-10(8-21-9)3-4-15-11-7-16-18(5-6-20-2)13(19)12(11)14/h7-8,15H,3-6H2,1-2H3. The minimum atomic E-state index is -0.165. The van der Waals surface area contributed by atoms with Gasteiger partial charge in [0.15, 0.2) is 0 Å².